The predicted molar refractivity (Wildman–Crippen MR) is 94.4 cm³/mol. The summed E-state index contributed by atoms with van der Waals surface area (Å²) in [5, 5.41) is 12.3. The second kappa shape index (κ2) is 5.69. The molecule has 1 aliphatic rings. The van der Waals surface area contributed by atoms with Gasteiger partial charge in [-0.25, -0.2) is 4.79 Å². The van der Waals surface area contributed by atoms with Crippen LogP contribution in [0.1, 0.15) is 11.1 Å². The molecule has 3 nitrogen and oxygen atoms in total. The molecule has 1 heterocycles. The van der Waals surface area contributed by atoms with Gasteiger partial charge in [0.25, 0.3) is 0 Å². The Morgan fingerprint density at radius 3 is 2.58 bits per heavy atom. The van der Waals surface area contributed by atoms with Crippen molar-refractivity contribution in [3.63, 3.8) is 0 Å². The number of ether oxygens (including phenoxy) is 1. The SMILES string of the molecule is O=C1Oc2ccc3ccc(O)cc3c2C/C1=C\c1ccc(Cl)cc1. The van der Waals surface area contributed by atoms with E-state index in [-0.39, 0.29) is 11.7 Å². The van der Waals surface area contributed by atoms with Crippen LogP contribution in [-0.2, 0) is 11.2 Å². The standard InChI is InChI=1S/C20H13ClO3/c21-15-5-1-12(2-6-15)9-14-10-18-17-11-16(22)7-3-13(17)4-8-19(18)24-20(14)23/h1-9,11,22H,10H2/b14-9+. The second-order valence-electron chi connectivity index (χ2n) is 5.74. The van der Waals surface area contributed by atoms with E-state index < -0.39 is 0 Å². The van der Waals surface area contributed by atoms with Gasteiger partial charge in [-0.05, 0) is 52.7 Å². The number of esters is 1. The molecule has 0 unspecified atom stereocenters. The molecule has 0 radical (unpaired) electrons. The van der Waals surface area contributed by atoms with Gasteiger partial charge in [-0.15, -0.1) is 0 Å². The van der Waals surface area contributed by atoms with Gasteiger partial charge in [0.2, 0.25) is 0 Å². The summed E-state index contributed by atoms with van der Waals surface area (Å²) in [6.07, 6.45) is 2.26. The molecule has 0 saturated carbocycles. The number of carbonyl (C=O) groups is 1. The second-order valence-corrected chi connectivity index (χ2v) is 6.17. The maximum atomic E-state index is 12.3. The van der Waals surface area contributed by atoms with Gasteiger partial charge in [0.1, 0.15) is 11.5 Å². The lowest BCUT2D eigenvalue weighted by atomic mass is 9.94. The van der Waals surface area contributed by atoms with E-state index in [0.29, 0.717) is 22.8 Å². The van der Waals surface area contributed by atoms with Gasteiger partial charge in [0.05, 0.1) is 0 Å². The average Bonchev–Trinajstić information content (AvgIpc) is 2.57. The molecule has 0 fully saturated rings. The van der Waals surface area contributed by atoms with Crippen LogP contribution in [0.4, 0.5) is 0 Å². The molecule has 24 heavy (non-hydrogen) atoms. The number of hydrogen-bond donors (Lipinski definition) is 1. The Hall–Kier alpha value is -2.78. The zero-order chi connectivity index (χ0) is 16.7. The van der Waals surface area contributed by atoms with Crippen molar-refractivity contribution < 1.29 is 14.6 Å². The van der Waals surface area contributed by atoms with Crippen molar-refractivity contribution in [1.29, 1.82) is 0 Å². The number of hydrogen-bond acceptors (Lipinski definition) is 3. The smallest absolute Gasteiger partial charge is 0.339 e. The van der Waals surface area contributed by atoms with Crippen LogP contribution in [0.3, 0.4) is 0 Å². The fourth-order valence-electron chi connectivity index (χ4n) is 2.93. The molecule has 3 aromatic rings. The summed E-state index contributed by atoms with van der Waals surface area (Å²) in [5.74, 6) is 0.388. The van der Waals surface area contributed by atoms with Gasteiger partial charge in [-0.3, -0.25) is 0 Å². The summed E-state index contributed by atoms with van der Waals surface area (Å²) < 4.78 is 5.47. The average molecular weight is 337 g/mol. The molecule has 0 aliphatic carbocycles. The monoisotopic (exact) mass is 336 g/mol. The summed E-state index contributed by atoms with van der Waals surface area (Å²) in [4.78, 5) is 12.3. The van der Waals surface area contributed by atoms with Crippen LogP contribution >= 0.6 is 11.6 Å². The summed E-state index contributed by atoms with van der Waals surface area (Å²) in [6, 6.07) is 16.2. The van der Waals surface area contributed by atoms with Crippen molar-refractivity contribution in [1.82, 2.24) is 0 Å². The fraction of sp³-hybridized carbons (Fsp3) is 0.0500. The first-order valence-electron chi connectivity index (χ1n) is 7.53. The number of fused-ring (bicyclic) bond motifs is 3. The highest BCUT2D eigenvalue weighted by Crippen LogP contribution is 2.36. The van der Waals surface area contributed by atoms with E-state index in [1.165, 1.54) is 0 Å². The molecular formula is C20H13ClO3. The zero-order valence-electron chi connectivity index (χ0n) is 12.6. The molecular weight excluding hydrogens is 324 g/mol. The van der Waals surface area contributed by atoms with Crippen molar-refractivity contribution in [2.45, 2.75) is 6.42 Å². The van der Waals surface area contributed by atoms with Crippen LogP contribution < -0.4 is 4.74 Å². The Labute approximate surface area is 143 Å². The van der Waals surface area contributed by atoms with Crippen LogP contribution in [-0.4, -0.2) is 11.1 Å². The maximum Gasteiger partial charge on any atom is 0.339 e. The molecule has 1 N–H and O–H groups in total. The highest BCUT2D eigenvalue weighted by atomic mass is 35.5. The molecule has 4 heteroatoms. The summed E-state index contributed by atoms with van der Waals surface area (Å²) in [6.45, 7) is 0. The minimum absolute atomic E-state index is 0.191. The number of carbonyl (C=O) groups excluding carboxylic acids is 1. The van der Waals surface area contributed by atoms with Crippen LogP contribution in [0, 0.1) is 0 Å². The highest BCUT2D eigenvalue weighted by Gasteiger charge is 2.24. The van der Waals surface area contributed by atoms with Gasteiger partial charge < -0.3 is 9.84 Å². The Balaban J connectivity index is 1.81. The van der Waals surface area contributed by atoms with Crippen LogP contribution in [0.2, 0.25) is 5.02 Å². The largest absolute Gasteiger partial charge is 0.508 e. The molecule has 0 bridgehead atoms. The van der Waals surface area contributed by atoms with Crippen molar-refractivity contribution in [2.24, 2.45) is 0 Å². The third-order valence-electron chi connectivity index (χ3n) is 4.12. The van der Waals surface area contributed by atoms with Gasteiger partial charge in [0.15, 0.2) is 0 Å². The Kier molecular flexibility index (Phi) is 3.51. The zero-order valence-corrected chi connectivity index (χ0v) is 13.4. The first kappa shape index (κ1) is 14.8. The lowest BCUT2D eigenvalue weighted by molar-refractivity contribution is -0.130. The van der Waals surface area contributed by atoms with Crippen molar-refractivity contribution in [3.05, 3.63) is 76.3 Å². The van der Waals surface area contributed by atoms with Crippen LogP contribution in [0.25, 0.3) is 16.8 Å². The fourth-order valence-corrected chi connectivity index (χ4v) is 3.05. The summed E-state index contributed by atoms with van der Waals surface area (Å²) in [7, 11) is 0. The van der Waals surface area contributed by atoms with E-state index in [1.54, 1.807) is 30.3 Å². The molecule has 0 amide bonds. The van der Waals surface area contributed by atoms with E-state index in [0.717, 1.165) is 21.9 Å². The third-order valence-corrected chi connectivity index (χ3v) is 4.37. The molecule has 0 atom stereocenters. The number of halogens is 1. The van der Waals surface area contributed by atoms with E-state index >= 15 is 0 Å². The molecule has 0 spiro atoms. The van der Waals surface area contributed by atoms with Crippen LogP contribution in [0.5, 0.6) is 11.5 Å². The minimum Gasteiger partial charge on any atom is -0.508 e. The molecule has 3 aromatic carbocycles. The van der Waals surface area contributed by atoms with E-state index in [9.17, 15) is 9.90 Å². The number of phenols is 1. The lowest BCUT2D eigenvalue weighted by Crippen LogP contribution is -2.19. The van der Waals surface area contributed by atoms with Crippen molar-refractivity contribution in [3.8, 4) is 11.5 Å². The van der Waals surface area contributed by atoms with Gasteiger partial charge in [-0.1, -0.05) is 35.9 Å². The molecule has 4 rings (SSSR count). The van der Waals surface area contributed by atoms with Gasteiger partial charge >= 0.3 is 5.97 Å². The molecule has 118 valence electrons. The van der Waals surface area contributed by atoms with Gasteiger partial charge in [-0.2, -0.15) is 0 Å². The van der Waals surface area contributed by atoms with Crippen molar-refractivity contribution in [2.75, 3.05) is 0 Å². The molecule has 0 saturated heterocycles. The number of rotatable bonds is 1. The van der Waals surface area contributed by atoms with Gasteiger partial charge in [0, 0.05) is 22.6 Å². The first-order valence-corrected chi connectivity index (χ1v) is 7.91. The van der Waals surface area contributed by atoms with E-state index in [4.69, 9.17) is 16.3 Å². The third kappa shape index (κ3) is 2.63. The summed E-state index contributed by atoms with van der Waals surface area (Å²) in [5.41, 5.74) is 2.36. The van der Waals surface area contributed by atoms with Crippen molar-refractivity contribution >= 4 is 34.4 Å². The maximum absolute atomic E-state index is 12.3. The highest BCUT2D eigenvalue weighted by molar-refractivity contribution is 6.30. The minimum atomic E-state index is -0.350. The van der Waals surface area contributed by atoms with E-state index in [1.807, 2.05) is 30.3 Å². The summed E-state index contributed by atoms with van der Waals surface area (Å²) >= 11 is 5.89. The normalized spacial score (nSPS) is 15.4. The predicted octanol–water partition coefficient (Wildman–Crippen LogP) is 4.74. The van der Waals surface area contributed by atoms with E-state index in [2.05, 4.69) is 0 Å². The lowest BCUT2D eigenvalue weighted by Gasteiger charge is -2.20. The quantitative estimate of drug-likeness (QED) is 0.396. The molecule has 1 aliphatic heterocycles. The number of phenolic OH excluding ortho intramolecular Hbond substituents is 1. The molecule has 0 aromatic heterocycles. The van der Waals surface area contributed by atoms with Crippen LogP contribution in [0.15, 0.2) is 60.2 Å². The first-order chi connectivity index (χ1) is 11.6. The topological polar surface area (TPSA) is 46.5 Å². The Morgan fingerprint density at radius 2 is 1.79 bits per heavy atom. The number of aromatic hydroxyl groups is 1. The Morgan fingerprint density at radius 1 is 1.04 bits per heavy atom. The number of benzene rings is 3. The Bertz CT molecular complexity index is 988.